The molecule has 26 heavy (non-hydrogen) atoms. The van der Waals surface area contributed by atoms with Crippen molar-refractivity contribution in [3.8, 4) is 0 Å². The van der Waals surface area contributed by atoms with Gasteiger partial charge in [-0.05, 0) is 49.2 Å². The van der Waals surface area contributed by atoms with Gasteiger partial charge in [0.1, 0.15) is 5.65 Å². The van der Waals surface area contributed by atoms with Crippen LogP contribution in [0.25, 0.3) is 5.65 Å². The summed E-state index contributed by atoms with van der Waals surface area (Å²) >= 11 is 0. The molecule has 132 valence electrons. The molecule has 1 aliphatic rings. The quantitative estimate of drug-likeness (QED) is 0.665. The normalized spacial score (nSPS) is 13.6. The Morgan fingerprint density at radius 2 is 1.88 bits per heavy atom. The van der Waals surface area contributed by atoms with Crippen LogP contribution in [-0.4, -0.2) is 39.3 Å². The Balaban J connectivity index is 1.58. The van der Waals surface area contributed by atoms with Gasteiger partial charge >= 0.3 is 5.97 Å². The highest BCUT2D eigenvalue weighted by atomic mass is 16.5. The number of rotatable bonds is 5. The van der Waals surface area contributed by atoms with Crippen LogP contribution in [-0.2, 0) is 11.3 Å². The zero-order chi connectivity index (χ0) is 18.1. The third-order valence-electron chi connectivity index (χ3n) is 4.63. The first-order chi connectivity index (χ1) is 12.7. The molecule has 1 amide bonds. The zero-order valence-electron chi connectivity index (χ0n) is 14.5. The van der Waals surface area contributed by atoms with Gasteiger partial charge in [0, 0.05) is 17.8 Å². The van der Waals surface area contributed by atoms with Gasteiger partial charge in [-0.2, -0.15) is 0 Å². The van der Waals surface area contributed by atoms with E-state index in [1.165, 1.54) is 7.11 Å². The summed E-state index contributed by atoms with van der Waals surface area (Å²) in [7, 11) is 1.34. The van der Waals surface area contributed by atoms with Crippen LogP contribution in [0, 0.1) is 0 Å². The topological polar surface area (TPSA) is 63.9 Å². The molecule has 6 heteroatoms. The number of carbonyl (C=O) groups excluding carboxylic acids is 2. The number of amides is 1. The fourth-order valence-electron chi connectivity index (χ4n) is 3.06. The standard InChI is InChI=1S/C20H19N3O3/c1-26-20(25)15-7-5-14(6-8-15)19(24)23(16-9-10-16)13-17-12-21-18-4-2-3-11-22(17)18/h2-8,11-12,16H,9-10,13H2,1H3. The highest BCUT2D eigenvalue weighted by molar-refractivity contribution is 5.96. The van der Waals surface area contributed by atoms with Crippen molar-refractivity contribution in [2.45, 2.75) is 25.4 Å². The number of pyridine rings is 1. The Bertz CT molecular complexity index is 958. The molecule has 1 aromatic carbocycles. The highest BCUT2D eigenvalue weighted by Gasteiger charge is 2.33. The van der Waals surface area contributed by atoms with Crippen LogP contribution in [0.3, 0.4) is 0 Å². The van der Waals surface area contributed by atoms with E-state index < -0.39 is 5.97 Å². The fraction of sp³-hybridized carbons (Fsp3) is 0.250. The average molecular weight is 349 g/mol. The summed E-state index contributed by atoms with van der Waals surface area (Å²) < 4.78 is 6.70. The smallest absolute Gasteiger partial charge is 0.337 e. The summed E-state index contributed by atoms with van der Waals surface area (Å²) in [6.07, 6.45) is 5.81. The van der Waals surface area contributed by atoms with Gasteiger partial charge < -0.3 is 14.0 Å². The number of benzene rings is 1. The van der Waals surface area contributed by atoms with Crippen molar-refractivity contribution in [3.63, 3.8) is 0 Å². The first-order valence-corrected chi connectivity index (χ1v) is 8.57. The number of aromatic nitrogens is 2. The van der Waals surface area contributed by atoms with Gasteiger partial charge in [-0.3, -0.25) is 4.79 Å². The molecule has 6 nitrogen and oxygen atoms in total. The maximum Gasteiger partial charge on any atom is 0.337 e. The number of fused-ring (bicyclic) bond motifs is 1. The number of hydrogen-bond donors (Lipinski definition) is 0. The van der Waals surface area contributed by atoms with Crippen LogP contribution in [0.15, 0.2) is 54.9 Å². The van der Waals surface area contributed by atoms with E-state index in [4.69, 9.17) is 4.74 Å². The molecule has 0 spiro atoms. The number of esters is 1. The molecule has 0 N–H and O–H groups in total. The van der Waals surface area contributed by atoms with Crippen molar-refractivity contribution >= 4 is 17.5 Å². The van der Waals surface area contributed by atoms with Gasteiger partial charge in [-0.1, -0.05) is 6.07 Å². The molecule has 2 heterocycles. The molecular formula is C20H19N3O3. The minimum absolute atomic E-state index is 0.0326. The second kappa shape index (κ2) is 6.63. The van der Waals surface area contributed by atoms with Crippen molar-refractivity contribution in [2.75, 3.05) is 7.11 Å². The lowest BCUT2D eigenvalue weighted by atomic mass is 10.1. The van der Waals surface area contributed by atoms with Crippen LogP contribution in [0.5, 0.6) is 0 Å². The number of imidazole rings is 1. The number of methoxy groups -OCH3 is 1. The molecular weight excluding hydrogens is 330 g/mol. The second-order valence-corrected chi connectivity index (χ2v) is 6.41. The summed E-state index contributed by atoms with van der Waals surface area (Å²) in [5.41, 5.74) is 2.85. The molecule has 0 bridgehead atoms. The van der Waals surface area contributed by atoms with Crippen LogP contribution >= 0.6 is 0 Å². The predicted molar refractivity (Wildman–Crippen MR) is 95.9 cm³/mol. The third kappa shape index (κ3) is 3.06. The van der Waals surface area contributed by atoms with Crippen molar-refractivity contribution in [2.24, 2.45) is 0 Å². The Morgan fingerprint density at radius 1 is 1.15 bits per heavy atom. The summed E-state index contributed by atoms with van der Waals surface area (Å²) in [5, 5.41) is 0. The van der Waals surface area contributed by atoms with Gasteiger partial charge in [0.2, 0.25) is 0 Å². The van der Waals surface area contributed by atoms with E-state index in [9.17, 15) is 9.59 Å². The largest absolute Gasteiger partial charge is 0.465 e. The molecule has 1 aliphatic carbocycles. The van der Waals surface area contributed by atoms with E-state index in [0.717, 1.165) is 24.2 Å². The van der Waals surface area contributed by atoms with E-state index in [0.29, 0.717) is 17.7 Å². The van der Waals surface area contributed by atoms with E-state index >= 15 is 0 Å². The van der Waals surface area contributed by atoms with Gasteiger partial charge in [-0.25, -0.2) is 9.78 Å². The lowest BCUT2D eigenvalue weighted by molar-refractivity contribution is 0.0599. The first-order valence-electron chi connectivity index (χ1n) is 8.57. The Hall–Kier alpha value is -3.15. The highest BCUT2D eigenvalue weighted by Crippen LogP contribution is 2.30. The maximum absolute atomic E-state index is 13.0. The Labute approximate surface area is 151 Å². The van der Waals surface area contributed by atoms with Gasteiger partial charge in [-0.15, -0.1) is 0 Å². The molecule has 0 saturated heterocycles. The van der Waals surface area contributed by atoms with Crippen molar-refractivity contribution in [1.29, 1.82) is 0 Å². The lowest BCUT2D eigenvalue weighted by Crippen LogP contribution is -2.33. The minimum atomic E-state index is -0.409. The zero-order valence-corrected chi connectivity index (χ0v) is 14.5. The number of carbonyl (C=O) groups is 2. The van der Waals surface area contributed by atoms with Crippen LogP contribution in [0.4, 0.5) is 0 Å². The summed E-state index contributed by atoms with van der Waals surface area (Å²) in [5.74, 6) is -0.441. The maximum atomic E-state index is 13.0. The van der Waals surface area contributed by atoms with Gasteiger partial charge in [0.05, 0.1) is 31.1 Å². The van der Waals surface area contributed by atoms with Crippen molar-refractivity contribution < 1.29 is 14.3 Å². The number of hydrogen-bond acceptors (Lipinski definition) is 4. The summed E-state index contributed by atoms with van der Waals surface area (Å²) in [4.78, 5) is 30.9. The van der Waals surface area contributed by atoms with Crippen molar-refractivity contribution in [3.05, 3.63) is 71.7 Å². The minimum Gasteiger partial charge on any atom is -0.465 e. The molecule has 1 saturated carbocycles. The molecule has 2 aromatic heterocycles. The fourth-order valence-corrected chi connectivity index (χ4v) is 3.06. The van der Waals surface area contributed by atoms with E-state index in [1.807, 2.05) is 39.9 Å². The van der Waals surface area contributed by atoms with Gasteiger partial charge in [0.25, 0.3) is 5.91 Å². The predicted octanol–water partition coefficient (Wildman–Crippen LogP) is 2.93. The van der Waals surface area contributed by atoms with Gasteiger partial charge in [0.15, 0.2) is 0 Å². The molecule has 0 radical (unpaired) electrons. The first kappa shape index (κ1) is 16.3. The van der Waals surface area contributed by atoms with E-state index in [-0.39, 0.29) is 11.9 Å². The van der Waals surface area contributed by atoms with E-state index in [2.05, 4.69) is 4.98 Å². The van der Waals surface area contributed by atoms with Crippen molar-refractivity contribution in [1.82, 2.24) is 14.3 Å². The number of nitrogens with zero attached hydrogens (tertiary/aromatic N) is 3. The number of ether oxygens (including phenoxy) is 1. The monoisotopic (exact) mass is 349 g/mol. The lowest BCUT2D eigenvalue weighted by Gasteiger charge is -2.22. The van der Waals surface area contributed by atoms with Crippen LogP contribution in [0.1, 0.15) is 39.3 Å². The molecule has 1 fully saturated rings. The molecule has 4 rings (SSSR count). The SMILES string of the molecule is COC(=O)c1ccc(C(=O)N(Cc2cnc3ccccn23)C2CC2)cc1. The second-order valence-electron chi connectivity index (χ2n) is 6.41. The molecule has 0 unspecified atom stereocenters. The summed E-state index contributed by atoms with van der Waals surface area (Å²) in [6.45, 7) is 0.507. The van der Waals surface area contributed by atoms with Crippen LogP contribution in [0.2, 0.25) is 0 Å². The molecule has 0 aliphatic heterocycles. The molecule has 0 atom stereocenters. The Morgan fingerprint density at radius 3 is 2.58 bits per heavy atom. The van der Waals surface area contributed by atoms with E-state index in [1.54, 1.807) is 24.3 Å². The Kier molecular flexibility index (Phi) is 4.16. The molecule has 3 aromatic rings. The third-order valence-corrected chi connectivity index (χ3v) is 4.63. The average Bonchev–Trinajstić information content (AvgIpc) is 3.45. The summed E-state index contributed by atoms with van der Waals surface area (Å²) in [6, 6.07) is 12.7. The van der Waals surface area contributed by atoms with Crippen LogP contribution < -0.4 is 0 Å².